The molecule has 0 saturated heterocycles. The summed E-state index contributed by atoms with van der Waals surface area (Å²) >= 11 is 0. The monoisotopic (exact) mass is 362 g/mol. The maximum Gasteiger partial charge on any atom is 0.408 e. The van der Waals surface area contributed by atoms with E-state index in [-0.39, 0.29) is 6.04 Å². The third-order valence-electron chi connectivity index (χ3n) is 4.56. The highest BCUT2D eigenvalue weighted by atomic mass is 16.6. The van der Waals surface area contributed by atoms with Crippen molar-refractivity contribution >= 4 is 12.1 Å². The molecular weight excluding hydrogens is 332 g/mol. The summed E-state index contributed by atoms with van der Waals surface area (Å²) in [5.41, 5.74) is 0.898. The molecule has 0 spiro atoms. The van der Waals surface area contributed by atoms with Crippen LogP contribution in [0.1, 0.15) is 57.7 Å². The first-order valence-electron chi connectivity index (χ1n) is 9.05. The summed E-state index contributed by atoms with van der Waals surface area (Å²) < 4.78 is 10.2. The number of aryl methyl sites for hydroxylation is 1. The van der Waals surface area contributed by atoms with Crippen LogP contribution in [0.3, 0.4) is 0 Å². The fourth-order valence-corrected chi connectivity index (χ4v) is 3.24. The van der Waals surface area contributed by atoms with Gasteiger partial charge in [0, 0.05) is 6.04 Å². The maximum atomic E-state index is 12.2. The molecular formula is C20H30N2O4. The Labute approximate surface area is 155 Å². The predicted octanol–water partition coefficient (Wildman–Crippen LogP) is 3.11. The van der Waals surface area contributed by atoms with E-state index < -0.39 is 23.2 Å². The number of hydrogen-bond donors (Lipinski definition) is 2. The van der Waals surface area contributed by atoms with Crippen molar-refractivity contribution < 1.29 is 19.1 Å². The third kappa shape index (κ3) is 5.21. The fraction of sp³-hybridized carbons (Fsp3) is 0.600. The Morgan fingerprint density at radius 1 is 1.19 bits per heavy atom. The van der Waals surface area contributed by atoms with Crippen molar-refractivity contribution in [3.05, 3.63) is 35.4 Å². The van der Waals surface area contributed by atoms with Crippen LogP contribution in [0.25, 0.3) is 0 Å². The lowest BCUT2D eigenvalue weighted by atomic mass is 9.97. The van der Waals surface area contributed by atoms with Gasteiger partial charge in [0.25, 0.3) is 0 Å². The zero-order valence-electron chi connectivity index (χ0n) is 16.3. The van der Waals surface area contributed by atoms with Gasteiger partial charge in [0.2, 0.25) is 0 Å². The molecule has 0 bridgehead atoms. The molecule has 1 aliphatic rings. The highest BCUT2D eigenvalue weighted by molar-refractivity contribution is 5.85. The van der Waals surface area contributed by atoms with Gasteiger partial charge in [-0.2, -0.15) is 0 Å². The summed E-state index contributed by atoms with van der Waals surface area (Å²) in [7, 11) is 1.32. The largest absolute Gasteiger partial charge is 0.467 e. The first-order chi connectivity index (χ1) is 12.1. The van der Waals surface area contributed by atoms with Crippen molar-refractivity contribution in [1.82, 2.24) is 10.6 Å². The van der Waals surface area contributed by atoms with Gasteiger partial charge in [-0.05, 0) is 64.6 Å². The third-order valence-corrected chi connectivity index (χ3v) is 4.56. The van der Waals surface area contributed by atoms with E-state index in [0.29, 0.717) is 13.0 Å². The minimum atomic E-state index is -1.15. The summed E-state index contributed by atoms with van der Waals surface area (Å²) in [6.07, 6.45) is 1.86. The van der Waals surface area contributed by atoms with E-state index in [4.69, 9.17) is 9.47 Å². The van der Waals surface area contributed by atoms with Crippen LogP contribution in [0.2, 0.25) is 0 Å². The molecule has 2 N–H and O–H groups in total. The highest BCUT2D eigenvalue weighted by Crippen LogP contribution is 2.30. The molecule has 0 radical (unpaired) electrons. The van der Waals surface area contributed by atoms with Gasteiger partial charge in [-0.1, -0.05) is 24.3 Å². The lowest BCUT2D eigenvalue weighted by molar-refractivity contribution is -0.148. The molecule has 6 nitrogen and oxygen atoms in total. The number of rotatable bonds is 6. The molecule has 0 fully saturated rings. The zero-order valence-corrected chi connectivity index (χ0v) is 16.3. The zero-order chi connectivity index (χ0) is 19.4. The number of alkyl carbamates (subject to hydrolysis) is 1. The van der Waals surface area contributed by atoms with Crippen molar-refractivity contribution in [2.45, 2.75) is 64.1 Å². The lowest BCUT2D eigenvalue weighted by Crippen LogP contribution is -2.55. The van der Waals surface area contributed by atoms with Gasteiger partial charge in [0.05, 0.1) is 7.11 Å². The first kappa shape index (κ1) is 20.2. The molecule has 1 aliphatic carbocycles. The van der Waals surface area contributed by atoms with Crippen molar-refractivity contribution in [1.29, 1.82) is 0 Å². The summed E-state index contributed by atoms with van der Waals surface area (Å²) in [5, 5.41) is 6.16. The first-order valence-corrected chi connectivity index (χ1v) is 9.05. The minimum absolute atomic E-state index is 0.273. The molecule has 2 atom stereocenters. The van der Waals surface area contributed by atoms with Gasteiger partial charge >= 0.3 is 12.1 Å². The Kier molecular flexibility index (Phi) is 6.29. The second-order valence-electron chi connectivity index (χ2n) is 7.94. The normalized spacial score (nSPS) is 18.6. The van der Waals surface area contributed by atoms with Crippen LogP contribution >= 0.6 is 0 Å². The van der Waals surface area contributed by atoms with Gasteiger partial charge < -0.3 is 20.1 Å². The van der Waals surface area contributed by atoms with Crippen LogP contribution in [-0.2, 0) is 20.7 Å². The smallest absolute Gasteiger partial charge is 0.408 e. The van der Waals surface area contributed by atoms with Crippen molar-refractivity contribution in [2.75, 3.05) is 13.7 Å². The quantitative estimate of drug-likeness (QED) is 0.761. The van der Waals surface area contributed by atoms with E-state index in [9.17, 15) is 9.59 Å². The van der Waals surface area contributed by atoms with Crippen LogP contribution in [0, 0.1) is 0 Å². The summed E-state index contributed by atoms with van der Waals surface area (Å²) in [6, 6.07) is 8.66. The highest BCUT2D eigenvalue weighted by Gasteiger charge is 2.37. The van der Waals surface area contributed by atoms with Crippen LogP contribution in [0.15, 0.2) is 24.3 Å². The molecule has 0 saturated carbocycles. The van der Waals surface area contributed by atoms with E-state index in [2.05, 4.69) is 28.8 Å². The minimum Gasteiger partial charge on any atom is -0.467 e. The van der Waals surface area contributed by atoms with E-state index in [1.165, 1.54) is 18.2 Å². The fourth-order valence-electron chi connectivity index (χ4n) is 3.24. The molecule has 144 valence electrons. The molecule has 2 rings (SSSR count). The number of esters is 1. The second kappa shape index (κ2) is 8.08. The van der Waals surface area contributed by atoms with Gasteiger partial charge in [-0.25, -0.2) is 9.59 Å². The SMILES string of the molecule is COC(=O)C(C)(CCNC1CCc2ccccc21)NC(=O)OC(C)(C)C. The maximum absolute atomic E-state index is 12.2. The Morgan fingerprint density at radius 3 is 2.54 bits per heavy atom. The van der Waals surface area contributed by atoms with Crippen LogP contribution < -0.4 is 10.6 Å². The van der Waals surface area contributed by atoms with Crippen molar-refractivity contribution in [2.24, 2.45) is 0 Å². The number of nitrogens with one attached hydrogen (secondary N) is 2. The van der Waals surface area contributed by atoms with E-state index in [0.717, 1.165) is 12.8 Å². The Balaban J connectivity index is 1.96. The molecule has 6 heteroatoms. The molecule has 1 amide bonds. The van der Waals surface area contributed by atoms with E-state index in [1.807, 2.05) is 6.07 Å². The average Bonchev–Trinajstić information content (AvgIpc) is 2.95. The van der Waals surface area contributed by atoms with E-state index >= 15 is 0 Å². The van der Waals surface area contributed by atoms with Crippen LogP contribution in [0.5, 0.6) is 0 Å². The van der Waals surface area contributed by atoms with Crippen LogP contribution in [0.4, 0.5) is 4.79 Å². The molecule has 2 unspecified atom stereocenters. The molecule has 1 aromatic rings. The van der Waals surface area contributed by atoms with Crippen molar-refractivity contribution in [3.8, 4) is 0 Å². The molecule has 26 heavy (non-hydrogen) atoms. The van der Waals surface area contributed by atoms with Crippen molar-refractivity contribution in [3.63, 3.8) is 0 Å². The lowest BCUT2D eigenvalue weighted by Gasteiger charge is -2.30. The standard InChI is InChI=1S/C20H30N2O4/c1-19(2,3)26-18(24)22-20(4,17(23)25-5)12-13-21-16-11-10-14-8-6-7-9-15(14)16/h6-9,16,21H,10-13H2,1-5H3,(H,22,24). The Morgan fingerprint density at radius 2 is 1.88 bits per heavy atom. The molecule has 0 aromatic heterocycles. The molecule has 0 heterocycles. The van der Waals surface area contributed by atoms with E-state index in [1.54, 1.807) is 27.7 Å². The van der Waals surface area contributed by atoms with Gasteiger partial charge in [-0.3, -0.25) is 0 Å². The average molecular weight is 362 g/mol. The number of ether oxygens (including phenoxy) is 2. The van der Waals surface area contributed by atoms with Gasteiger partial charge in [0.15, 0.2) is 0 Å². The molecule has 1 aromatic carbocycles. The summed E-state index contributed by atoms with van der Waals surface area (Å²) in [4.78, 5) is 24.4. The second-order valence-corrected chi connectivity index (χ2v) is 7.94. The Hall–Kier alpha value is -2.08. The number of fused-ring (bicyclic) bond motifs is 1. The Bertz CT molecular complexity index is 653. The van der Waals surface area contributed by atoms with Gasteiger partial charge in [-0.15, -0.1) is 0 Å². The summed E-state index contributed by atoms with van der Waals surface area (Å²) in [6.45, 7) is 7.57. The topological polar surface area (TPSA) is 76.7 Å². The number of amides is 1. The number of methoxy groups -OCH3 is 1. The summed E-state index contributed by atoms with van der Waals surface area (Å²) in [5.74, 6) is -0.489. The number of carbonyl (C=O) groups excluding carboxylic acids is 2. The molecule has 0 aliphatic heterocycles. The number of carbonyl (C=O) groups is 2. The van der Waals surface area contributed by atoms with Gasteiger partial charge in [0.1, 0.15) is 11.1 Å². The number of hydrogen-bond acceptors (Lipinski definition) is 5. The van der Waals surface area contributed by atoms with Crippen LogP contribution in [-0.4, -0.2) is 36.9 Å². The number of benzene rings is 1. The predicted molar refractivity (Wildman–Crippen MR) is 99.9 cm³/mol.